The first-order valence-electron chi connectivity index (χ1n) is 7.42. The van der Waals surface area contributed by atoms with Crippen LogP contribution in [-0.2, 0) is 0 Å². The molecule has 0 atom stereocenters. The van der Waals surface area contributed by atoms with Crippen LogP contribution in [0.5, 0.6) is 0 Å². The number of amides is 2. The van der Waals surface area contributed by atoms with Crippen LogP contribution in [0.15, 0.2) is 71.3 Å². The first-order chi connectivity index (χ1) is 12.2. The number of rotatable bonds is 4. The fraction of sp³-hybridized carbons (Fsp3) is 0. The fourth-order valence-corrected chi connectivity index (χ4v) is 2.17. The van der Waals surface area contributed by atoms with Crippen LogP contribution in [0.2, 0.25) is 0 Å². The third-order valence-electron chi connectivity index (χ3n) is 3.40. The summed E-state index contributed by atoms with van der Waals surface area (Å²) in [4.78, 5) is 24.1. The number of carbonyl (C=O) groups excluding carboxylic acids is 2. The second kappa shape index (κ2) is 7.15. The summed E-state index contributed by atoms with van der Waals surface area (Å²) in [6.45, 7) is 0. The Morgan fingerprint density at radius 2 is 1.56 bits per heavy atom. The van der Waals surface area contributed by atoms with Gasteiger partial charge < -0.3 is 15.1 Å². The Kier molecular flexibility index (Phi) is 4.58. The number of hydrogen-bond acceptors (Lipinski definition) is 4. The summed E-state index contributed by atoms with van der Waals surface area (Å²) in [6, 6.07) is 18.3. The SMILES string of the molecule is N#Cc1cccc(C(=O)Nc2ccc(NC(=O)c3ccco3)cc2)c1. The van der Waals surface area contributed by atoms with Crippen molar-refractivity contribution in [1.82, 2.24) is 0 Å². The summed E-state index contributed by atoms with van der Waals surface area (Å²) in [5, 5.41) is 14.3. The summed E-state index contributed by atoms with van der Waals surface area (Å²) in [5.74, 6) is -0.450. The number of furan rings is 1. The molecular formula is C19H13N3O3. The zero-order valence-corrected chi connectivity index (χ0v) is 13.0. The number of hydrogen-bond donors (Lipinski definition) is 2. The molecule has 1 heterocycles. The average molecular weight is 331 g/mol. The van der Waals surface area contributed by atoms with Crippen LogP contribution in [0, 0.1) is 11.3 Å². The third-order valence-corrected chi connectivity index (χ3v) is 3.40. The van der Waals surface area contributed by atoms with Crippen molar-refractivity contribution in [3.05, 3.63) is 83.8 Å². The van der Waals surface area contributed by atoms with Gasteiger partial charge in [0.2, 0.25) is 0 Å². The van der Waals surface area contributed by atoms with E-state index in [9.17, 15) is 9.59 Å². The number of benzene rings is 2. The zero-order chi connectivity index (χ0) is 17.6. The molecule has 0 saturated carbocycles. The molecule has 3 aromatic rings. The first kappa shape index (κ1) is 16.0. The molecule has 0 fully saturated rings. The van der Waals surface area contributed by atoms with Crippen LogP contribution in [-0.4, -0.2) is 11.8 Å². The van der Waals surface area contributed by atoms with E-state index >= 15 is 0 Å². The molecule has 122 valence electrons. The van der Waals surface area contributed by atoms with Gasteiger partial charge in [-0.3, -0.25) is 9.59 Å². The lowest BCUT2D eigenvalue weighted by Gasteiger charge is -2.07. The Balaban J connectivity index is 1.65. The van der Waals surface area contributed by atoms with Gasteiger partial charge in [-0.25, -0.2) is 0 Å². The van der Waals surface area contributed by atoms with E-state index in [4.69, 9.17) is 9.68 Å². The molecule has 0 aliphatic carbocycles. The third kappa shape index (κ3) is 3.92. The quantitative estimate of drug-likeness (QED) is 0.762. The Labute approximate surface area is 143 Å². The summed E-state index contributed by atoms with van der Waals surface area (Å²) >= 11 is 0. The monoisotopic (exact) mass is 331 g/mol. The fourth-order valence-electron chi connectivity index (χ4n) is 2.17. The Bertz CT molecular complexity index is 939. The second-order valence-corrected chi connectivity index (χ2v) is 5.16. The average Bonchev–Trinajstić information content (AvgIpc) is 3.18. The predicted molar refractivity (Wildman–Crippen MR) is 92.2 cm³/mol. The van der Waals surface area contributed by atoms with E-state index in [0.717, 1.165) is 0 Å². The molecule has 1 aromatic heterocycles. The molecule has 0 spiro atoms. The number of nitrogens with one attached hydrogen (secondary N) is 2. The van der Waals surface area contributed by atoms with Crippen molar-refractivity contribution in [3.8, 4) is 6.07 Å². The Morgan fingerprint density at radius 1 is 0.880 bits per heavy atom. The largest absolute Gasteiger partial charge is 0.459 e. The Morgan fingerprint density at radius 3 is 2.16 bits per heavy atom. The molecule has 2 amide bonds. The van der Waals surface area contributed by atoms with E-state index in [2.05, 4.69) is 10.6 Å². The molecule has 25 heavy (non-hydrogen) atoms. The van der Waals surface area contributed by atoms with Crippen LogP contribution in [0.3, 0.4) is 0 Å². The highest BCUT2D eigenvalue weighted by Crippen LogP contribution is 2.16. The van der Waals surface area contributed by atoms with Crippen LogP contribution < -0.4 is 10.6 Å². The van der Waals surface area contributed by atoms with E-state index in [1.54, 1.807) is 54.6 Å². The Hall–Kier alpha value is -3.85. The molecule has 6 heteroatoms. The summed E-state index contributed by atoms with van der Waals surface area (Å²) < 4.78 is 5.02. The van der Waals surface area contributed by atoms with Gasteiger partial charge in [0, 0.05) is 16.9 Å². The topological polar surface area (TPSA) is 95.1 Å². The molecular weight excluding hydrogens is 318 g/mol. The molecule has 6 nitrogen and oxygen atoms in total. The lowest BCUT2D eigenvalue weighted by molar-refractivity contribution is 0.0994. The van der Waals surface area contributed by atoms with E-state index in [1.165, 1.54) is 12.3 Å². The maximum absolute atomic E-state index is 12.2. The van der Waals surface area contributed by atoms with Crippen LogP contribution in [0.25, 0.3) is 0 Å². The van der Waals surface area contributed by atoms with Crippen molar-refractivity contribution in [1.29, 1.82) is 5.26 Å². The van der Waals surface area contributed by atoms with E-state index in [1.807, 2.05) is 6.07 Å². The standard InChI is InChI=1S/C19H13N3O3/c20-12-13-3-1-4-14(11-13)18(23)21-15-6-8-16(9-7-15)22-19(24)17-5-2-10-25-17/h1-11H,(H,21,23)(H,22,24). The van der Waals surface area contributed by atoms with E-state index in [-0.39, 0.29) is 17.6 Å². The lowest BCUT2D eigenvalue weighted by atomic mass is 10.1. The number of anilines is 2. The van der Waals surface area contributed by atoms with E-state index in [0.29, 0.717) is 22.5 Å². The summed E-state index contributed by atoms with van der Waals surface area (Å²) in [5.41, 5.74) is 1.96. The van der Waals surface area contributed by atoms with Crippen LogP contribution in [0.1, 0.15) is 26.5 Å². The maximum atomic E-state index is 12.2. The van der Waals surface area contributed by atoms with Gasteiger partial charge >= 0.3 is 0 Å². The van der Waals surface area contributed by atoms with Gasteiger partial charge in [-0.1, -0.05) is 6.07 Å². The van der Waals surface area contributed by atoms with Gasteiger partial charge in [0.05, 0.1) is 17.9 Å². The second-order valence-electron chi connectivity index (χ2n) is 5.16. The highest BCUT2D eigenvalue weighted by atomic mass is 16.3. The van der Waals surface area contributed by atoms with Crippen molar-refractivity contribution in [3.63, 3.8) is 0 Å². The summed E-state index contributed by atoms with van der Waals surface area (Å²) in [6.07, 6.45) is 1.43. The normalized spacial score (nSPS) is 9.88. The van der Waals surface area contributed by atoms with Crippen molar-refractivity contribution in [2.75, 3.05) is 10.6 Å². The van der Waals surface area contributed by atoms with Gasteiger partial charge in [-0.05, 0) is 54.6 Å². The number of nitriles is 1. The maximum Gasteiger partial charge on any atom is 0.291 e. The van der Waals surface area contributed by atoms with Crippen molar-refractivity contribution >= 4 is 23.2 Å². The number of carbonyl (C=O) groups is 2. The molecule has 2 aromatic carbocycles. The van der Waals surface area contributed by atoms with Gasteiger partial charge in [-0.2, -0.15) is 5.26 Å². The minimum atomic E-state index is -0.352. The van der Waals surface area contributed by atoms with Gasteiger partial charge in [0.15, 0.2) is 5.76 Å². The van der Waals surface area contributed by atoms with Gasteiger partial charge in [0.1, 0.15) is 0 Å². The predicted octanol–water partition coefficient (Wildman–Crippen LogP) is 3.66. The van der Waals surface area contributed by atoms with Crippen molar-refractivity contribution in [2.45, 2.75) is 0 Å². The van der Waals surface area contributed by atoms with Gasteiger partial charge in [0.25, 0.3) is 11.8 Å². The van der Waals surface area contributed by atoms with Gasteiger partial charge in [-0.15, -0.1) is 0 Å². The highest BCUT2D eigenvalue weighted by molar-refractivity contribution is 6.05. The highest BCUT2D eigenvalue weighted by Gasteiger charge is 2.09. The zero-order valence-electron chi connectivity index (χ0n) is 13.0. The molecule has 3 rings (SSSR count). The van der Waals surface area contributed by atoms with Crippen LogP contribution >= 0.6 is 0 Å². The lowest BCUT2D eigenvalue weighted by Crippen LogP contribution is -2.13. The summed E-state index contributed by atoms with van der Waals surface area (Å²) in [7, 11) is 0. The van der Waals surface area contributed by atoms with Crippen LogP contribution in [0.4, 0.5) is 11.4 Å². The molecule has 0 saturated heterocycles. The molecule has 0 bridgehead atoms. The molecule has 0 aliphatic heterocycles. The molecule has 2 N–H and O–H groups in total. The van der Waals surface area contributed by atoms with Crippen molar-refractivity contribution in [2.24, 2.45) is 0 Å². The van der Waals surface area contributed by atoms with Crippen molar-refractivity contribution < 1.29 is 14.0 Å². The van der Waals surface area contributed by atoms with E-state index < -0.39 is 0 Å². The minimum absolute atomic E-state index is 0.217. The molecule has 0 radical (unpaired) electrons. The molecule has 0 unspecified atom stereocenters. The number of nitrogens with zero attached hydrogens (tertiary/aromatic N) is 1. The molecule has 0 aliphatic rings. The minimum Gasteiger partial charge on any atom is -0.459 e. The smallest absolute Gasteiger partial charge is 0.291 e. The first-order valence-corrected chi connectivity index (χ1v) is 7.42.